The van der Waals surface area contributed by atoms with E-state index in [2.05, 4.69) is 48.0 Å². The lowest BCUT2D eigenvalue weighted by Crippen LogP contribution is -2.27. The Morgan fingerprint density at radius 1 is 0.964 bits per heavy atom. The van der Waals surface area contributed by atoms with Crippen molar-refractivity contribution < 1.29 is 4.79 Å². The van der Waals surface area contributed by atoms with E-state index in [-0.39, 0.29) is 5.91 Å². The van der Waals surface area contributed by atoms with E-state index < -0.39 is 0 Å². The number of hydrogen-bond donors (Lipinski definition) is 1. The van der Waals surface area contributed by atoms with E-state index in [0.29, 0.717) is 6.54 Å². The van der Waals surface area contributed by atoms with Crippen LogP contribution in [0.2, 0.25) is 0 Å². The molecule has 0 spiro atoms. The molecule has 1 amide bonds. The Morgan fingerprint density at radius 3 is 2.50 bits per heavy atom. The Kier molecular flexibility index (Phi) is 5.34. The van der Waals surface area contributed by atoms with E-state index in [1.807, 2.05) is 30.3 Å². The third-order valence-electron chi connectivity index (χ3n) is 5.78. The van der Waals surface area contributed by atoms with Gasteiger partial charge in [0.2, 0.25) is 0 Å². The van der Waals surface area contributed by atoms with Gasteiger partial charge in [0.1, 0.15) is 5.69 Å². The van der Waals surface area contributed by atoms with Crippen LogP contribution in [0.5, 0.6) is 0 Å². The van der Waals surface area contributed by atoms with E-state index in [0.717, 1.165) is 36.2 Å². The number of hydrogen-bond acceptors (Lipinski definition) is 1. The Hall–Kier alpha value is -2.81. The smallest absolute Gasteiger partial charge is 0.268 e. The second kappa shape index (κ2) is 8.05. The maximum Gasteiger partial charge on any atom is 0.268 e. The van der Waals surface area contributed by atoms with Crippen LogP contribution in [0.25, 0.3) is 0 Å². The molecule has 1 N–H and O–H groups in total. The molecule has 2 aromatic carbocycles. The normalized spacial score (nSPS) is 13.2. The molecule has 1 aromatic heterocycles. The molecule has 144 valence electrons. The summed E-state index contributed by atoms with van der Waals surface area (Å²) >= 11 is 0. The van der Waals surface area contributed by atoms with Crippen molar-refractivity contribution >= 4 is 5.91 Å². The molecule has 1 aliphatic carbocycles. The van der Waals surface area contributed by atoms with Gasteiger partial charge in [-0.3, -0.25) is 4.79 Å². The number of carbonyl (C=O) groups is 1. The van der Waals surface area contributed by atoms with E-state index >= 15 is 0 Å². The quantitative estimate of drug-likeness (QED) is 0.675. The van der Waals surface area contributed by atoms with Gasteiger partial charge in [0.15, 0.2) is 0 Å². The number of benzene rings is 2. The molecule has 0 radical (unpaired) electrons. The van der Waals surface area contributed by atoms with Crippen molar-refractivity contribution in [3.63, 3.8) is 0 Å². The molecule has 0 saturated carbocycles. The molecule has 3 aromatic rings. The first-order valence-electron chi connectivity index (χ1n) is 10.2. The van der Waals surface area contributed by atoms with Gasteiger partial charge >= 0.3 is 0 Å². The number of nitrogens with one attached hydrogen (secondary N) is 1. The lowest BCUT2D eigenvalue weighted by Gasteiger charge is -2.17. The SMILES string of the molecule is Cc1cccc(Cn2c3c(c(C)c2C(=O)NCc2ccccc2)CCCC3)c1. The van der Waals surface area contributed by atoms with Gasteiger partial charge in [-0.25, -0.2) is 0 Å². The summed E-state index contributed by atoms with van der Waals surface area (Å²) in [5.41, 5.74) is 8.37. The number of aromatic nitrogens is 1. The van der Waals surface area contributed by atoms with Crippen LogP contribution in [0.3, 0.4) is 0 Å². The summed E-state index contributed by atoms with van der Waals surface area (Å²) in [6.07, 6.45) is 4.57. The standard InChI is InChI=1S/C25H28N2O/c1-18-9-8-12-21(15-18)17-27-23-14-7-6-13-22(23)19(2)24(27)25(28)26-16-20-10-4-3-5-11-20/h3-5,8-12,15H,6-7,13-14,16-17H2,1-2H3,(H,26,28). The highest BCUT2D eigenvalue weighted by Gasteiger charge is 2.26. The topological polar surface area (TPSA) is 34.0 Å². The fourth-order valence-corrected chi connectivity index (χ4v) is 4.39. The number of fused-ring (bicyclic) bond motifs is 1. The maximum absolute atomic E-state index is 13.2. The highest BCUT2D eigenvalue weighted by molar-refractivity contribution is 5.95. The highest BCUT2D eigenvalue weighted by Crippen LogP contribution is 2.30. The first-order chi connectivity index (χ1) is 13.6. The van der Waals surface area contributed by atoms with E-state index in [4.69, 9.17) is 0 Å². The minimum Gasteiger partial charge on any atom is -0.347 e. The molecular weight excluding hydrogens is 344 g/mol. The minimum atomic E-state index is 0.0309. The molecule has 3 heteroatoms. The second-order valence-electron chi connectivity index (χ2n) is 7.85. The van der Waals surface area contributed by atoms with Gasteiger partial charge in [0.25, 0.3) is 5.91 Å². The van der Waals surface area contributed by atoms with Crippen LogP contribution in [-0.4, -0.2) is 10.5 Å². The van der Waals surface area contributed by atoms with Crippen molar-refractivity contribution in [2.24, 2.45) is 0 Å². The van der Waals surface area contributed by atoms with Gasteiger partial charge < -0.3 is 9.88 Å². The van der Waals surface area contributed by atoms with Crippen molar-refractivity contribution in [3.8, 4) is 0 Å². The van der Waals surface area contributed by atoms with Gasteiger partial charge in [-0.05, 0) is 61.8 Å². The highest BCUT2D eigenvalue weighted by atomic mass is 16.1. The zero-order valence-corrected chi connectivity index (χ0v) is 16.8. The van der Waals surface area contributed by atoms with Crippen molar-refractivity contribution in [1.29, 1.82) is 0 Å². The van der Waals surface area contributed by atoms with Crippen molar-refractivity contribution in [1.82, 2.24) is 9.88 Å². The molecule has 0 fully saturated rings. The fourth-order valence-electron chi connectivity index (χ4n) is 4.39. The van der Waals surface area contributed by atoms with Crippen LogP contribution in [0, 0.1) is 13.8 Å². The van der Waals surface area contributed by atoms with Crippen LogP contribution >= 0.6 is 0 Å². The molecule has 4 rings (SSSR count). The molecule has 1 heterocycles. The number of aryl methyl sites for hydroxylation is 1. The Morgan fingerprint density at radius 2 is 1.71 bits per heavy atom. The van der Waals surface area contributed by atoms with Gasteiger partial charge in [-0.1, -0.05) is 60.2 Å². The van der Waals surface area contributed by atoms with Gasteiger partial charge in [-0.15, -0.1) is 0 Å². The van der Waals surface area contributed by atoms with Crippen LogP contribution in [0.15, 0.2) is 54.6 Å². The van der Waals surface area contributed by atoms with Gasteiger partial charge in [0.05, 0.1) is 0 Å². The average Bonchev–Trinajstić information content (AvgIpc) is 2.99. The molecule has 0 unspecified atom stereocenters. The zero-order valence-electron chi connectivity index (χ0n) is 16.8. The summed E-state index contributed by atoms with van der Waals surface area (Å²) in [5.74, 6) is 0.0309. The molecule has 1 aliphatic rings. The van der Waals surface area contributed by atoms with E-state index in [9.17, 15) is 4.79 Å². The lowest BCUT2D eigenvalue weighted by molar-refractivity contribution is 0.0941. The largest absolute Gasteiger partial charge is 0.347 e. The first-order valence-corrected chi connectivity index (χ1v) is 10.2. The number of carbonyl (C=O) groups excluding carboxylic acids is 1. The van der Waals surface area contributed by atoms with Crippen LogP contribution in [0.1, 0.15) is 56.8 Å². The minimum absolute atomic E-state index is 0.0309. The Bertz CT molecular complexity index is 985. The number of nitrogens with zero attached hydrogens (tertiary/aromatic N) is 1. The van der Waals surface area contributed by atoms with Crippen molar-refractivity contribution in [2.75, 3.05) is 0 Å². The molecule has 0 saturated heterocycles. The molecular formula is C25H28N2O. The number of amides is 1. The predicted molar refractivity (Wildman–Crippen MR) is 114 cm³/mol. The molecule has 0 bridgehead atoms. The zero-order chi connectivity index (χ0) is 19.5. The van der Waals surface area contributed by atoms with E-state index in [1.54, 1.807) is 0 Å². The lowest BCUT2D eigenvalue weighted by atomic mass is 9.95. The first kappa shape index (κ1) is 18.5. The van der Waals surface area contributed by atoms with Crippen LogP contribution in [0.4, 0.5) is 0 Å². The molecule has 3 nitrogen and oxygen atoms in total. The Labute approximate surface area is 167 Å². The summed E-state index contributed by atoms with van der Waals surface area (Å²) in [4.78, 5) is 13.2. The van der Waals surface area contributed by atoms with Crippen LogP contribution in [-0.2, 0) is 25.9 Å². The number of rotatable bonds is 5. The maximum atomic E-state index is 13.2. The summed E-state index contributed by atoms with van der Waals surface area (Å²) in [5, 5.41) is 3.14. The molecule has 0 aliphatic heterocycles. The van der Waals surface area contributed by atoms with Crippen LogP contribution < -0.4 is 5.32 Å². The summed E-state index contributed by atoms with van der Waals surface area (Å²) in [6, 6.07) is 18.7. The second-order valence-corrected chi connectivity index (χ2v) is 7.85. The van der Waals surface area contributed by atoms with Gasteiger partial charge in [-0.2, -0.15) is 0 Å². The van der Waals surface area contributed by atoms with Crippen molar-refractivity contribution in [3.05, 3.63) is 93.8 Å². The fraction of sp³-hybridized carbons (Fsp3) is 0.320. The summed E-state index contributed by atoms with van der Waals surface area (Å²) < 4.78 is 2.28. The predicted octanol–water partition coefficient (Wildman–Crippen LogP) is 4.96. The van der Waals surface area contributed by atoms with Gasteiger partial charge in [0, 0.05) is 18.8 Å². The van der Waals surface area contributed by atoms with Crippen molar-refractivity contribution in [2.45, 2.75) is 52.6 Å². The molecule has 0 atom stereocenters. The van der Waals surface area contributed by atoms with E-state index in [1.165, 1.54) is 35.2 Å². The monoisotopic (exact) mass is 372 g/mol. The average molecular weight is 373 g/mol. The summed E-state index contributed by atoms with van der Waals surface area (Å²) in [7, 11) is 0. The molecule has 28 heavy (non-hydrogen) atoms. The summed E-state index contributed by atoms with van der Waals surface area (Å²) in [6.45, 7) is 5.55. The third kappa shape index (κ3) is 3.75. The Balaban J connectivity index is 1.67. The third-order valence-corrected chi connectivity index (χ3v) is 5.78.